The van der Waals surface area contributed by atoms with E-state index in [1.807, 2.05) is 6.92 Å². The van der Waals surface area contributed by atoms with Crippen LogP contribution in [0.5, 0.6) is 5.75 Å². The number of aryl methyl sites for hydroxylation is 1. The van der Waals surface area contributed by atoms with Crippen molar-refractivity contribution in [2.24, 2.45) is 0 Å². The molecule has 2 N–H and O–H groups in total. The van der Waals surface area contributed by atoms with Crippen LogP contribution in [0.2, 0.25) is 5.15 Å². The van der Waals surface area contributed by atoms with Gasteiger partial charge >= 0.3 is 0 Å². The van der Waals surface area contributed by atoms with E-state index in [1.54, 1.807) is 30.5 Å². The average molecular weight is 609 g/mol. The number of halogens is 2. The summed E-state index contributed by atoms with van der Waals surface area (Å²) in [7, 11) is -3.56. The number of ether oxygens (including phenoxy) is 1. The third-order valence-corrected chi connectivity index (χ3v) is 8.03. The predicted molar refractivity (Wildman–Crippen MR) is 148 cm³/mol. The largest absolute Gasteiger partial charge is 0.481 e. The fourth-order valence-corrected chi connectivity index (χ4v) is 6.04. The summed E-state index contributed by atoms with van der Waals surface area (Å²) >= 11 is 7.56. The van der Waals surface area contributed by atoms with Crippen LogP contribution < -0.4 is 9.46 Å². The number of amides is 1. The maximum Gasteiger partial charge on any atom is 0.261 e. The number of sulfonamides is 1. The molecule has 0 aliphatic carbocycles. The van der Waals surface area contributed by atoms with E-state index < -0.39 is 40.0 Å². The second-order valence-electron chi connectivity index (χ2n) is 9.94. The molecular formula is C25H26ClFN6O5S2. The van der Waals surface area contributed by atoms with Crippen LogP contribution in [0.25, 0.3) is 4.96 Å². The Labute approximate surface area is 238 Å². The molecule has 4 aromatic rings. The van der Waals surface area contributed by atoms with E-state index in [4.69, 9.17) is 16.3 Å². The Kier molecular flexibility index (Phi) is 7.23. The van der Waals surface area contributed by atoms with Crippen molar-refractivity contribution in [2.75, 3.05) is 24.1 Å². The highest BCUT2D eigenvalue weighted by Crippen LogP contribution is 2.39. The molecule has 1 aromatic carbocycles. The Morgan fingerprint density at radius 3 is 2.70 bits per heavy atom. The molecule has 1 amide bonds. The molecule has 15 heteroatoms. The number of pyridine rings is 1. The Balaban J connectivity index is 1.48. The van der Waals surface area contributed by atoms with Gasteiger partial charge in [-0.3, -0.25) is 9.52 Å². The van der Waals surface area contributed by atoms with Crippen molar-refractivity contribution in [2.45, 2.75) is 38.8 Å². The molecule has 1 unspecified atom stereocenters. The zero-order chi connectivity index (χ0) is 29.0. The van der Waals surface area contributed by atoms with Gasteiger partial charge in [-0.15, -0.1) is 0 Å². The first-order chi connectivity index (χ1) is 18.7. The molecule has 0 saturated carbocycles. The van der Waals surface area contributed by atoms with Crippen LogP contribution in [-0.4, -0.2) is 63.3 Å². The van der Waals surface area contributed by atoms with Crippen molar-refractivity contribution in [3.05, 3.63) is 68.8 Å². The second kappa shape index (κ2) is 10.3. The van der Waals surface area contributed by atoms with Crippen molar-refractivity contribution in [1.82, 2.24) is 24.5 Å². The van der Waals surface area contributed by atoms with E-state index in [2.05, 4.69) is 19.8 Å². The van der Waals surface area contributed by atoms with Crippen LogP contribution in [0.1, 0.15) is 47.4 Å². The summed E-state index contributed by atoms with van der Waals surface area (Å²) in [6.45, 7) is 4.78. The Morgan fingerprint density at radius 1 is 1.30 bits per heavy atom. The van der Waals surface area contributed by atoms with Crippen LogP contribution in [-0.2, 0) is 26.8 Å². The number of carbonyl (C=O) groups excluding carboxylic acids is 1. The van der Waals surface area contributed by atoms with Gasteiger partial charge in [0, 0.05) is 18.5 Å². The zero-order valence-corrected chi connectivity index (χ0v) is 24.4. The van der Waals surface area contributed by atoms with Crippen molar-refractivity contribution in [3.8, 4) is 5.75 Å². The number of nitrogens with one attached hydrogen (secondary N) is 1. The molecule has 1 atom stereocenters. The zero-order valence-electron chi connectivity index (χ0n) is 22.0. The van der Waals surface area contributed by atoms with Gasteiger partial charge in [-0.05, 0) is 44.5 Å². The average Bonchev–Trinajstić information content (AvgIpc) is 3.37. The number of nitrogens with zero attached hydrogens (tertiary/aromatic N) is 5. The Morgan fingerprint density at radius 2 is 2.05 bits per heavy atom. The van der Waals surface area contributed by atoms with Gasteiger partial charge < -0.3 is 14.7 Å². The highest BCUT2D eigenvalue weighted by atomic mass is 35.5. The highest BCUT2D eigenvalue weighted by molar-refractivity contribution is 7.92. The number of aromatic nitrogens is 4. The molecule has 3 aromatic heterocycles. The topological polar surface area (TPSA) is 139 Å². The van der Waals surface area contributed by atoms with E-state index in [0.717, 1.165) is 17.0 Å². The molecule has 0 saturated heterocycles. The van der Waals surface area contributed by atoms with Crippen molar-refractivity contribution >= 4 is 49.6 Å². The van der Waals surface area contributed by atoms with Crippen LogP contribution in [0.4, 0.5) is 10.2 Å². The normalized spacial score (nSPS) is 15.8. The van der Waals surface area contributed by atoms with Crippen molar-refractivity contribution < 1.29 is 27.4 Å². The molecule has 0 fully saturated rings. The maximum absolute atomic E-state index is 15.7. The number of aliphatic hydroxyl groups is 1. The third-order valence-electron chi connectivity index (χ3n) is 6.35. The lowest BCUT2D eigenvalue weighted by atomic mass is 9.91. The van der Waals surface area contributed by atoms with Crippen LogP contribution in [0.15, 0.2) is 30.3 Å². The minimum atomic E-state index is -3.56. The molecule has 4 heterocycles. The van der Waals surface area contributed by atoms with E-state index in [0.29, 0.717) is 22.6 Å². The Hall–Kier alpha value is -3.33. The molecule has 1 aliphatic rings. The summed E-state index contributed by atoms with van der Waals surface area (Å²) in [5.41, 5.74) is 0.678. The van der Waals surface area contributed by atoms with Gasteiger partial charge in [0.25, 0.3) is 5.91 Å². The van der Waals surface area contributed by atoms with Gasteiger partial charge in [0.2, 0.25) is 15.0 Å². The first-order valence-electron chi connectivity index (χ1n) is 12.1. The van der Waals surface area contributed by atoms with Crippen molar-refractivity contribution in [3.63, 3.8) is 0 Å². The number of carbonyl (C=O) groups is 1. The number of fused-ring (bicyclic) bond motifs is 3. The smallest absolute Gasteiger partial charge is 0.261 e. The highest BCUT2D eigenvalue weighted by Gasteiger charge is 2.38. The molecule has 212 valence electrons. The van der Waals surface area contributed by atoms with Gasteiger partial charge in [-0.1, -0.05) is 35.1 Å². The fraction of sp³-hybridized carbons (Fsp3) is 0.360. The first kappa shape index (κ1) is 28.2. The lowest BCUT2D eigenvalue weighted by molar-refractivity contribution is -0.135. The van der Waals surface area contributed by atoms with Crippen LogP contribution >= 0.6 is 22.9 Å². The molecule has 5 rings (SSSR count). The van der Waals surface area contributed by atoms with Crippen molar-refractivity contribution in [1.29, 1.82) is 0 Å². The molecule has 11 nitrogen and oxygen atoms in total. The fourth-order valence-electron chi connectivity index (χ4n) is 4.57. The van der Waals surface area contributed by atoms with Gasteiger partial charge in [0.1, 0.15) is 22.7 Å². The van der Waals surface area contributed by atoms with Gasteiger partial charge in [-0.2, -0.15) is 5.10 Å². The summed E-state index contributed by atoms with van der Waals surface area (Å²) in [5, 5.41) is 15.6. The SMILES string of the molecule is Cc1nn2c3c(nc2s1)CCN(C(=O)COc1ccc(NS(C)(=O)=O)nc1Cl)C3c1ccc(C(C)(C)O)cc1F. The maximum atomic E-state index is 15.7. The number of benzene rings is 1. The van der Waals surface area contributed by atoms with Gasteiger partial charge in [0.05, 0.1) is 23.2 Å². The van der Waals surface area contributed by atoms with E-state index >= 15 is 4.39 Å². The van der Waals surface area contributed by atoms with E-state index in [-0.39, 0.29) is 28.8 Å². The molecule has 40 heavy (non-hydrogen) atoms. The quantitative estimate of drug-likeness (QED) is 0.304. The monoisotopic (exact) mass is 608 g/mol. The summed E-state index contributed by atoms with van der Waals surface area (Å²) in [4.78, 5) is 24.3. The molecule has 0 radical (unpaired) electrons. The molecular weight excluding hydrogens is 583 g/mol. The van der Waals surface area contributed by atoms with E-state index in [9.17, 15) is 18.3 Å². The molecule has 0 spiro atoms. The number of hydrogen-bond acceptors (Lipinski definition) is 9. The van der Waals surface area contributed by atoms with Crippen LogP contribution in [0, 0.1) is 12.7 Å². The first-order valence-corrected chi connectivity index (χ1v) is 15.2. The number of rotatable bonds is 7. The Bertz CT molecular complexity index is 1730. The summed E-state index contributed by atoms with van der Waals surface area (Å²) in [5.74, 6) is -0.953. The number of anilines is 1. The van der Waals surface area contributed by atoms with Crippen LogP contribution in [0.3, 0.4) is 0 Å². The predicted octanol–water partition coefficient (Wildman–Crippen LogP) is 3.44. The van der Waals surface area contributed by atoms with Gasteiger partial charge in [0.15, 0.2) is 17.5 Å². The van der Waals surface area contributed by atoms with E-state index in [1.165, 1.54) is 34.4 Å². The second-order valence-corrected chi connectivity index (χ2v) is 13.2. The number of imidazole rings is 1. The molecule has 1 aliphatic heterocycles. The lowest BCUT2D eigenvalue weighted by Crippen LogP contribution is -2.43. The summed E-state index contributed by atoms with van der Waals surface area (Å²) < 4.78 is 48.1. The lowest BCUT2D eigenvalue weighted by Gasteiger charge is -2.36. The summed E-state index contributed by atoms with van der Waals surface area (Å²) in [6, 6.07) is 6.36. The summed E-state index contributed by atoms with van der Waals surface area (Å²) in [6.07, 6.45) is 1.42. The third kappa shape index (κ3) is 5.61. The number of hydrogen-bond donors (Lipinski definition) is 2. The van der Waals surface area contributed by atoms with Gasteiger partial charge in [-0.25, -0.2) is 27.3 Å². The minimum absolute atomic E-state index is 0.00286. The molecule has 0 bridgehead atoms. The minimum Gasteiger partial charge on any atom is -0.481 e. The standard InChI is InChI=1S/C25H26ClFN6O5S2/c1-13-30-33-22-17(28-24(33)39-13)9-10-32(21(22)15-6-5-14(11-16(15)27)25(2,3)35)20(34)12-38-18-7-8-19(29-23(18)26)31-40(4,36)37/h5-8,11,21,35H,9-10,12H2,1-4H3,(H,29,31).